The molecule has 1 aromatic heterocycles. The van der Waals surface area contributed by atoms with Gasteiger partial charge in [-0.25, -0.2) is 0 Å². The highest BCUT2D eigenvalue weighted by Gasteiger charge is 2.14. The average molecular weight is 323 g/mol. The number of amides is 1. The van der Waals surface area contributed by atoms with E-state index in [2.05, 4.69) is 5.32 Å². The third-order valence-corrected chi connectivity index (χ3v) is 3.66. The molecule has 5 nitrogen and oxygen atoms in total. The minimum absolute atomic E-state index is 0.0290. The lowest BCUT2D eigenvalue weighted by atomic mass is 10.1. The van der Waals surface area contributed by atoms with Gasteiger partial charge in [0.15, 0.2) is 0 Å². The summed E-state index contributed by atoms with van der Waals surface area (Å²) in [4.78, 5) is 12.1. The molecule has 1 amide bonds. The molecule has 2 N–H and O–H groups in total. The summed E-state index contributed by atoms with van der Waals surface area (Å²) in [6.45, 7) is 7.59. The van der Waals surface area contributed by atoms with Gasteiger partial charge in [-0.2, -0.15) is 5.26 Å². The number of rotatable bonds is 4. The first kappa shape index (κ1) is 17.4. The van der Waals surface area contributed by atoms with Gasteiger partial charge in [0, 0.05) is 23.1 Å². The molecular formula is C19H21N3O2. The highest BCUT2D eigenvalue weighted by atomic mass is 16.3. The topological polar surface area (TPSA) is 78.0 Å². The Labute approximate surface area is 141 Å². The SMILES string of the molecule is Cc1cc(/C=C(/C#N)C(=O)NC(C)C)c(C)n1-c1ccc(O)cc1. The first-order valence-electron chi connectivity index (χ1n) is 7.74. The molecule has 0 saturated heterocycles. The second kappa shape index (κ2) is 7.05. The summed E-state index contributed by atoms with van der Waals surface area (Å²) in [6.07, 6.45) is 1.61. The Hall–Kier alpha value is -3.00. The van der Waals surface area contributed by atoms with E-state index in [0.717, 1.165) is 22.6 Å². The van der Waals surface area contributed by atoms with Crippen LogP contribution in [0.3, 0.4) is 0 Å². The summed E-state index contributed by atoms with van der Waals surface area (Å²) < 4.78 is 2.01. The Morgan fingerprint density at radius 1 is 1.29 bits per heavy atom. The number of aromatic hydroxyl groups is 1. The Morgan fingerprint density at radius 2 is 1.92 bits per heavy atom. The van der Waals surface area contributed by atoms with Crippen molar-refractivity contribution in [3.63, 3.8) is 0 Å². The molecule has 0 fully saturated rings. The number of hydrogen-bond donors (Lipinski definition) is 2. The quantitative estimate of drug-likeness (QED) is 0.670. The van der Waals surface area contributed by atoms with E-state index < -0.39 is 0 Å². The van der Waals surface area contributed by atoms with E-state index in [1.807, 2.05) is 56.5 Å². The van der Waals surface area contributed by atoms with Crippen molar-refractivity contribution in [2.45, 2.75) is 33.7 Å². The number of phenolic OH excluding ortho intramolecular Hbond substituents is 1. The van der Waals surface area contributed by atoms with Crippen molar-refractivity contribution in [2.24, 2.45) is 0 Å². The molecule has 1 heterocycles. The van der Waals surface area contributed by atoms with Gasteiger partial charge in [-0.15, -0.1) is 0 Å². The van der Waals surface area contributed by atoms with Crippen LogP contribution >= 0.6 is 0 Å². The summed E-state index contributed by atoms with van der Waals surface area (Å²) in [5.41, 5.74) is 3.70. The number of aryl methyl sites for hydroxylation is 1. The summed E-state index contributed by atoms with van der Waals surface area (Å²) in [6, 6.07) is 10.8. The molecule has 0 spiro atoms. The molecule has 0 saturated carbocycles. The molecule has 2 aromatic rings. The maximum atomic E-state index is 12.1. The molecule has 0 aliphatic heterocycles. The van der Waals surface area contributed by atoms with Crippen LogP contribution in [0.1, 0.15) is 30.8 Å². The van der Waals surface area contributed by atoms with Crippen molar-refractivity contribution in [1.29, 1.82) is 5.26 Å². The zero-order valence-electron chi connectivity index (χ0n) is 14.3. The highest BCUT2D eigenvalue weighted by Crippen LogP contribution is 2.24. The number of nitriles is 1. The number of carbonyl (C=O) groups is 1. The van der Waals surface area contributed by atoms with Crippen molar-refractivity contribution in [3.8, 4) is 17.5 Å². The minimum Gasteiger partial charge on any atom is -0.508 e. The van der Waals surface area contributed by atoms with Gasteiger partial charge in [0.1, 0.15) is 17.4 Å². The average Bonchev–Trinajstić information content (AvgIpc) is 2.79. The number of benzene rings is 1. The smallest absolute Gasteiger partial charge is 0.262 e. The molecule has 5 heteroatoms. The normalized spacial score (nSPS) is 11.4. The maximum absolute atomic E-state index is 12.1. The van der Waals surface area contributed by atoms with Crippen molar-refractivity contribution in [3.05, 3.63) is 52.9 Å². The predicted octanol–water partition coefficient (Wildman–Crippen LogP) is 3.23. The number of nitrogens with zero attached hydrogens (tertiary/aromatic N) is 2. The second-order valence-corrected chi connectivity index (χ2v) is 5.98. The molecule has 0 bridgehead atoms. The number of nitrogens with one attached hydrogen (secondary N) is 1. The minimum atomic E-state index is -0.373. The second-order valence-electron chi connectivity index (χ2n) is 5.98. The van der Waals surface area contributed by atoms with Crippen LogP contribution in [0.25, 0.3) is 11.8 Å². The van der Waals surface area contributed by atoms with Gasteiger partial charge in [-0.1, -0.05) is 0 Å². The Bertz CT molecular complexity index is 822. The Morgan fingerprint density at radius 3 is 2.46 bits per heavy atom. The third-order valence-electron chi connectivity index (χ3n) is 3.66. The van der Waals surface area contributed by atoms with Crippen LogP contribution < -0.4 is 5.32 Å². The molecule has 0 aliphatic rings. The number of hydrogen-bond acceptors (Lipinski definition) is 3. The number of aromatic nitrogens is 1. The first-order chi connectivity index (χ1) is 11.3. The van der Waals surface area contributed by atoms with E-state index >= 15 is 0 Å². The van der Waals surface area contributed by atoms with Crippen molar-refractivity contribution in [2.75, 3.05) is 0 Å². The monoisotopic (exact) mass is 323 g/mol. The van der Waals surface area contributed by atoms with Crippen LogP contribution in [-0.2, 0) is 4.79 Å². The van der Waals surface area contributed by atoms with Crippen molar-refractivity contribution < 1.29 is 9.90 Å². The molecular weight excluding hydrogens is 302 g/mol. The van der Waals surface area contributed by atoms with Crippen LogP contribution in [0.15, 0.2) is 35.9 Å². The van der Waals surface area contributed by atoms with E-state index in [0.29, 0.717) is 0 Å². The summed E-state index contributed by atoms with van der Waals surface area (Å²) in [7, 11) is 0. The molecule has 2 rings (SSSR count). The Kier molecular flexibility index (Phi) is 5.10. The van der Waals surface area contributed by atoms with Crippen molar-refractivity contribution >= 4 is 12.0 Å². The fourth-order valence-electron chi connectivity index (χ4n) is 2.58. The largest absolute Gasteiger partial charge is 0.508 e. The lowest BCUT2D eigenvalue weighted by molar-refractivity contribution is -0.117. The van der Waals surface area contributed by atoms with Gasteiger partial charge in [-0.05, 0) is 69.7 Å². The van der Waals surface area contributed by atoms with Crippen LogP contribution in [0.4, 0.5) is 0 Å². The zero-order chi connectivity index (χ0) is 17.9. The van der Waals surface area contributed by atoms with Crippen LogP contribution in [0, 0.1) is 25.2 Å². The van der Waals surface area contributed by atoms with Gasteiger partial charge in [0.25, 0.3) is 5.91 Å². The standard InChI is InChI=1S/C19H21N3O2/c1-12(2)21-19(24)16(11-20)10-15-9-13(3)22(14(15)4)17-5-7-18(23)8-6-17/h5-10,12,23H,1-4H3,(H,21,24)/b16-10-. The van der Waals surface area contributed by atoms with Crippen LogP contribution in [0.2, 0.25) is 0 Å². The summed E-state index contributed by atoms with van der Waals surface area (Å²) in [5, 5.41) is 21.4. The summed E-state index contributed by atoms with van der Waals surface area (Å²) >= 11 is 0. The molecule has 0 unspecified atom stereocenters. The molecule has 24 heavy (non-hydrogen) atoms. The van der Waals surface area contributed by atoms with Gasteiger partial charge >= 0.3 is 0 Å². The van der Waals surface area contributed by atoms with E-state index in [4.69, 9.17) is 0 Å². The van der Waals surface area contributed by atoms with E-state index in [9.17, 15) is 15.2 Å². The van der Waals surface area contributed by atoms with E-state index in [1.165, 1.54) is 0 Å². The first-order valence-corrected chi connectivity index (χ1v) is 7.74. The van der Waals surface area contributed by atoms with Crippen LogP contribution in [0.5, 0.6) is 5.75 Å². The molecule has 0 radical (unpaired) electrons. The molecule has 0 aliphatic carbocycles. The van der Waals surface area contributed by atoms with Gasteiger partial charge in [0.05, 0.1) is 0 Å². The number of phenols is 1. The maximum Gasteiger partial charge on any atom is 0.262 e. The fraction of sp³-hybridized carbons (Fsp3) is 0.263. The third kappa shape index (κ3) is 3.66. The zero-order valence-corrected chi connectivity index (χ0v) is 14.3. The number of carbonyl (C=O) groups excluding carboxylic acids is 1. The van der Waals surface area contributed by atoms with Crippen molar-refractivity contribution in [1.82, 2.24) is 9.88 Å². The lowest BCUT2D eigenvalue weighted by Gasteiger charge is -2.10. The lowest BCUT2D eigenvalue weighted by Crippen LogP contribution is -2.30. The van der Waals surface area contributed by atoms with Gasteiger partial charge in [0.2, 0.25) is 0 Å². The van der Waals surface area contributed by atoms with Crippen LogP contribution in [-0.4, -0.2) is 21.6 Å². The fourth-order valence-corrected chi connectivity index (χ4v) is 2.58. The molecule has 1 aromatic carbocycles. The molecule has 124 valence electrons. The highest BCUT2D eigenvalue weighted by molar-refractivity contribution is 6.02. The van der Waals surface area contributed by atoms with Gasteiger partial charge < -0.3 is 15.0 Å². The predicted molar refractivity (Wildman–Crippen MR) is 93.8 cm³/mol. The van der Waals surface area contributed by atoms with E-state index in [-0.39, 0.29) is 23.3 Å². The van der Waals surface area contributed by atoms with Gasteiger partial charge in [-0.3, -0.25) is 4.79 Å². The van der Waals surface area contributed by atoms with E-state index in [1.54, 1.807) is 18.2 Å². The summed E-state index contributed by atoms with van der Waals surface area (Å²) in [5.74, 6) is -0.166. The Balaban J connectivity index is 2.44. The molecule has 0 atom stereocenters.